The fourth-order valence-corrected chi connectivity index (χ4v) is 2.48. The van der Waals surface area contributed by atoms with E-state index < -0.39 is 0 Å². The number of halogens is 2. The van der Waals surface area contributed by atoms with E-state index in [1.54, 1.807) is 0 Å². The minimum atomic E-state index is 0.633. The zero-order valence-corrected chi connectivity index (χ0v) is 11.3. The fraction of sp³-hybridized carbons (Fsp3) is 0.273. The lowest BCUT2D eigenvalue weighted by Crippen LogP contribution is -2.28. The third-order valence-corrected chi connectivity index (χ3v) is 3.35. The molecule has 0 spiro atoms. The molecule has 1 aliphatic heterocycles. The predicted octanol–water partition coefficient (Wildman–Crippen LogP) is 3.24. The Hall–Kier alpha value is -1.07. The molecule has 2 heterocycles. The monoisotopic (exact) mass is 312 g/mol. The van der Waals surface area contributed by atoms with Crippen LogP contribution in [0.3, 0.4) is 0 Å². The number of anilines is 2. The highest BCUT2D eigenvalue weighted by molar-refractivity contribution is 9.10. The van der Waals surface area contributed by atoms with Crippen LogP contribution in [0.15, 0.2) is 29.0 Å². The van der Waals surface area contributed by atoms with Crippen LogP contribution in [0.4, 0.5) is 11.6 Å². The van der Waals surface area contributed by atoms with Gasteiger partial charge in [-0.25, -0.2) is 4.68 Å². The van der Waals surface area contributed by atoms with E-state index in [2.05, 4.69) is 30.9 Å². The van der Waals surface area contributed by atoms with Gasteiger partial charge in [0.05, 0.1) is 0 Å². The summed E-state index contributed by atoms with van der Waals surface area (Å²) in [5.74, 6) is 0.880. The lowest BCUT2D eigenvalue weighted by molar-refractivity contribution is 0.537. The summed E-state index contributed by atoms with van der Waals surface area (Å²) in [4.78, 5) is 6.54. The van der Waals surface area contributed by atoms with E-state index >= 15 is 0 Å². The SMILES string of the molecule is Clc1ccc(N2CCCn3nc(Br)nc32)cc1. The van der Waals surface area contributed by atoms with Crippen molar-refractivity contribution < 1.29 is 0 Å². The number of benzene rings is 1. The molecule has 0 N–H and O–H groups in total. The zero-order chi connectivity index (χ0) is 11.8. The molecule has 0 unspecified atom stereocenters. The van der Waals surface area contributed by atoms with Crippen molar-refractivity contribution in [2.24, 2.45) is 0 Å². The summed E-state index contributed by atoms with van der Waals surface area (Å²) in [5.41, 5.74) is 1.09. The van der Waals surface area contributed by atoms with Crippen LogP contribution in [-0.4, -0.2) is 21.3 Å². The molecular formula is C11H10BrClN4. The van der Waals surface area contributed by atoms with Crippen molar-refractivity contribution in [2.75, 3.05) is 11.4 Å². The summed E-state index contributed by atoms with van der Waals surface area (Å²) in [7, 11) is 0. The second-order valence-electron chi connectivity index (χ2n) is 3.89. The molecule has 0 saturated carbocycles. The Morgan fingerprint density at radius 3 is 2.71 bits per heavy atom. The lowest BCUT2D eigenvalue weighted by Gasteiger charge is -2.27. The summed E-state index contributed by atoms with van der Waals surface area (Å²) < 4.78 is 2.55. The molecule has 1 aliphatic rings. The van der Waals surface area contributed by atoms with Crippen molar-refractivity contribution in [2.45, 2.75) is 13.0 Å². The first-order valence-electron chi connectivity index (χ1n) is 5.37. The molecule has 0 bridgehead atoms. The van der Waals surface area contributed by atoms with Gasteiger partial charge in [0.25, 0.3) is 0 Å². The van der Waals surface area contributed by atoms with E-state index in [4.69, 9.17) is 11.6 Å². The maximum atomic E-state index is 5.90. The summed E-state index contributed by atoms with van der Waals surface area (Å²) in [6, 6.07) is 7.78. The summed E-state index contributed by atoms with van der Waals surface area (Å²) in [6.45, 7) is 1.87. The standard InChI is InChI=1S/C11H10BrClN4/c12-10-14-11-16(6-1-7-17(11)15-10)9-4-2-8(13)3-5-9/h2-5H,1,6-7H2. The van der Waals surface area contributed by atoms with Crippen LogP contribution in [0.25, 0.3) is 0 Å². The zero-order valence-electron chi connectivity index (χ0n) is 8.98. The van der Waals surface area contributed by atoms with E-state index in [1.807, 2.05) is 28.9 Å². The van der Waals surface area contributed by atoms with Crippen LogP contribution in [0.2, 0.25) is 5.02 Å². The highest BCUT2D eigenvalue weighted by Crippen LogP contribution is 2.29. The summed E-state index contributed by atoms with van der Waals surface area (Å²) >= 11 is 9.21. The highest BCUT2D eigenvalue weighted by Gasteiger charge is 2.21. The molecule has 6 heteroatoms. The molecule has 3 rings (SSSR count). The van der Waals surface area contributed by atoms with Gasteiger partial charge in [0.15, 0.2) is 0 Å². The molecule has 17 heavy (non-hydrogen) atoms. The van der Waals surface area contributed by atoms with E-state index in [1.165, 1.54) is 0 Å². The molecule has 2 aromatic rings. The summed E-state index contributed by atoms with van der Waals surface area (Å²) in [6.07, 6.45) is 1.06. The van der Waals surface area contributed by atoms with Gasteiger partial charge in [-0.15, -0.1) is 5.10 Å². The van der Waals surface area contributed by atoms with E-state index in [0.29, 0.717) is 4.73 Å². The van der Waals surface area contributed by atoms with Gasteiger partial charge in [-0.2, -0.15) is 4.98 Å². The minimum absolute atomic E-state index is 0.633. The Balaban J connectivity index is 2.02. The number of fused-ring (bicyclic) bond motifs is 1. The summed E-state index contributed by atoms with van der Waals surface area (Å²) in [5, 5.41) is 5.04. The van der Waals surface area contributed by atoms with Crippen LogP contribution < -0.4 is 4.90 Å². The number of nitrogens with zero attached hydrogens (tertiary/aromatic N) is 4. The van der Waals surface area contributed by atoms with Crippen LogP contribution in [0.1, 0.15) is 6.42 Å². The van der Waals surface area contributed by atoms with Gasteiger partial charge in [0.1, 0.15) is 0 Å². The van der Waals surface area contributed by atoms with Crippen molar-refractivity contribution in [3.8, 4) is 0 Å². The molecule has 0 aliphatic carbocycles. The Morgan fingerprint density at radius 2 is 1.94 bits per heavy atom. The smallest absolute Gasteiger partial charge is 0.229 e. The van der Waals surface area contributed by atoms with Gasteiger partial charge >= 0.3 is 0 Å². The molecule has 88 valence electrons. The number of hydrogen-bond acceptors (Lipinski definition) is 3. The van der Waals surface area contributed by atoms with Crippen molar-refractivity contribution >= 4 is 39.2 Å². The van der Waals surface area contributed by atoms with Crippen molar-refractivity contribution in [1.29, 1.82) is 0 Å². The molecular weight excluding hydrogens is 304 g/mol. The number of rotatable bonds is 1. The largest absolute Gasteiger partial charge is 0.311 e. The molecule has 0 fully saturated rings. The van der Waals surface area contributed by atoms with Gasteiger partial charge in [0, 0.05) is 23.8 Å². The number of hydrogen-bond donors (Lipinski definition) is 0. The van der Waals surface area contributed by atoms with E-state index in [-0.39, 0.29) is 0 Å². The maximum absolute atomic E-state index is 5.90. The first kappa shape index (κ1) is 11.0. The normalized spacial score (nSPS) is 14.8. The van der Waals surface area contributed by atoms with Gasteiger partial charge in [-0.05, 0) is 46.6 Å². The molecule has 1 aromatic carbocycles. The quantitative estimate of drug-likeness (QED) is 0.810. The Bertz CT molecular complexity index is 537. The first-order chi connectivity index (χ1) is 8.24. The molecule has 1 aromatic heterocycles. The molecule has 0 saturated heterocycles. The number of aryl methyl sites for hydroxylation is 1. The Labute approximate surface area is 112 Å². The highest BCUT2D eigenvalue weighted by atomic mass is 79.9. The Morgan fingerprint density at radius 1 is 1.18 bits per heavy atom. The topological polar surface area (TPSA) is 34.0 Å². The third kappa shape index (κ3) is 2.05. The Kier molecular flexibility index (Phi) is 2.80. The second-order valence-corrected chi connectivity index (χ2v) is 5.03. The molecule has 0 radical (unpaired) electrons. The average Bonchev–Trinajstić information content (AvgIpc) is 2.70. The first-order valence-corrected chi connectivity index (χ1v) is 6.54. The van der Waals surface area contributed by atoms with Gasteiger partial charge in [-0.3, -0.25) is 0 Å². The van der Waals surface area contributed by atoms with Crippen molar-refractivity contribution in [3.63, 3.8) is 0 Å². The van der Waals surface area contributed by atoms with E-state index in [9.17, 15) is 0 Å². The van der Waals surface area contributed by atoms with Crippen molar-refractivity contribution in [1.82, 2.24) is 14.8 Å². The third-order valence-electron chi connectivity index (χ3n) is 2.76. The van der Waals surface area contributed by atoms with Crippen LogP contribution in [0.5, 0.6) is 0 Å². The number of aromatic nitrogens is 3. The maximum Gasteiger partial charge on any atom is 0.229 e. The van der Waals surface area contributed by atoms with Gasteiger partial charge < -0.3 is 4.90 Å². The molecule has 0 atom stereocenters. The molecule has 0 amide bonds. The van der Waals surface area contributed by atoms with E-state index in [0.717, 1.165) is 36.2 Å². The van der Waals surface area contributed by atoms with Crippen LogP contribution in [0, 0.1) is 0 Å². The minimum Gasteiger partial charge on any atom is -0.311 e. The molecule has 4 nitrogen and oxygen atoms in total. The van der Waals surface area contributed by atoms with Gasteiger partial charge in [-0.1, -0.05) is 11.6 Å². The fourth-order valence-electron chi connectivity index (χ4n) is 2.00. The van der Waals surface area contributed by atoms with Crippen LogP contribution >= 0.6 is 27.5 Å². The predicted molar refractivity (Wildman–Crippen MR) is 70.8 cm³/mol. The second kappa shape index (κ2) is 4.31. The lowest BCUT2D eigenvalue weighted by atomic mass is 10.2. The average molecular weight is 314 g/mol. The van der Waals surface area contributed by atoms with Crippen molar-refractivity contribution in [3.05, 3.63) is 34.0 Å². The van der Waals surface area contributed by atoms with Crippen LogP contribution in [-0.2, 0) is 6.54 Å². The van der Waals surface area contributed by atoms with Gasteiger partial charge in [0.2, 0.25) is 10.7 Å².